The Balaban J connectivity index is 2.27. The molecule has 0 spiro atoms. The molecule has 0 saturated carbocycles. The van der Waals surface area contributed by atoms with Gasteiger partial charge in [-0.3, -0.25) is 4.79 Å². The molecule has 0 aliphatic rings. The fraction of sp³-hybridized carbons (Fsp3) is 0.278. The standard InChI is InChI=1S/C18H21FN2O3S/c1-3-21(4-2)17(22)13-20-15-11-8-12-16(18(15)19)25(23,24)14-9-6-5-7-10-14/h5-12,20H,3-4,13H2,1-2H3. The van der Waals surface area contributed by atoms with Gasteiger partial charge in [-0.15, -0.1) is 0 Å². The monoisotopic (exact) mass is 364 g/mol. The number of likely N-dealkylation sites (N-methyl/N-ethyl adjacent to an activating group) is 1. The second-order valence-electron chi connectivity index (χ2n) is 5.35. The second-order valence-corrected chi connectivity index (χ2v) is 7.27. The molecule has 25 heavy (non-hydrogen) atoms. The van der Waals surface area contributed by atoms with Crippen molar-refractivity contribution in [3.63, 3.8) is 0 Å². The highest BCUT2D eigenvalue weighted by Crippen LogP contribution is 2.27. The lowest BCUT2D eigenvalue weighted by molar-refractivity contribution is -0.128. The molecule has 0 unspecified atom stereocenters. The second kappa shape index (κ2) is 8.11. The first-order chi connectivity index (χ1) is 11.9. The molecule has 1 N–H and O–H groups in total. The van der Waals surface area contributed by atoms with Gasteiger partial charge in [0.1, 0.15) is 4.90 Å². The third-order valence-electron chi connectivity index (χ3n) is 3.85. The minimum Gasteiger partial charge on any atom is -0.374 e. The molecule has 0 atom stereocenters. The van der Waals surface area contributed by atoms with Crippen molar-refractivity contribution in [3.8, 4) is 0 Å². The molecule has 1 amide bonds. The number of rotatable bonds is 7. The van der Waals surface area contributed by atoms with E-state index in [0.29, 0.717) is 13.1 Å². The zero-order valence-electron chi connectivity index (χ0n) is 14.2. The smallest absolute Gasteiger partial charge is 0.241 e. The Morgan fingerprint density at radius 1 is 1.04 bits per heavy atom. The number of benzene rings is 2. The molecule has 0 radical (unpaired) electrons. The number of hydrogen-bond acceptors (Lipinski definition) is 4. The predicted molar refractivity (Wildman–Crippen MR) is 94.7 cm³/mol. The van der Waals surface area contributed by atoms with Crippen molar-refractivity contribution in [2.24, 2.45) is 0 Å². The Bertz CT molecular complexity index is 835. The fourth-order valence-corrected chi connectivity index (χ4v) is 3.81. The van der Waals surface area contributed by atoms with E-state index in [1.807, 2.05) is 13.8 Å². The van der Waals surface area contributed by atoms with Crippen molar-refractivity contribution in [3.05, 3.63) is 54.3 Å². The molecular weight excluding hydrogens is 343 g/mol. The molecule has 7 heteroatoms. The number of hydrogen-bond donors (Lipinski definition) is 1. The third-order valence-corrected chi connectivity index (χ3v) is 5.64. The predicted octanol–water partition coefficient (Wildman–Crippen LogP) is 2.94. The summed E-state index contributed by atoms with van der Waals surface area (Å²) in [6.07, 6.45) is 0. The lowest BCUT2D eigenvalue weighted by Crippen LogP contribution is -2.35. The molecule has 0 heterocycles. The average molecular weight is 364 g/mol. The van der Waals surface area contributed by atoms with Crippen LogP contribution in [-0.4, -0.2) is 38.9 Å². The van der Waals surface area contributed by atoms with Crippen LogP contribution in [0.3, 0.4) is 0 Å². The van der Waals surface area contributed by atoms with E-state index in [0.717, 1.165) is 0 Å². The van der Waals surface area contributed by atoms with Crippen molar-refractivity contribution >= 4 is 21.4 Å². The minimum atomic E-state index is -3.97. The average Bonchev–Trinajstić information content (AvgIpc) is 2.62. The SMILES string of the molecule is CCN(CC)C(=O)CNc1cccc(S(=O)(=O)c2ccccc2)c1F. The van der Waals surface area contributed by atoms with Crippen molar-refractivity contribution in [2.45, 2.75) is 23.6 Å². The molecule has 0 aromatic heterocycles. The van der Waals surface area contributed by atoms with Crippen molar-refractivity contribution in [1.82, 2.24) is 4.90 Å². The number of nitrogens with zero attached hydrogens (tertiary/aromatic N) is 1. The number of nitrogens with one attached hydrogen (secondary N) is 1. The number of anilines is 1. The van der Waals surface area contributed by atoms with Crippen LogP contribution in [0.25, 0.3) is 0 Å². The highest BCUT2D eigenvalue weighted by molar-refractivity contribution is 7.91. The van der Waals surface area contributed by atoms with Crippen LogP contribution in [0.15, 0.2) is 58.3 Å². The number of amides is 1. The van der Waals surface area contributed by atoms with Crippen LogP contribution >= 0.6 is 0 Å². The summed E-state index contributed by atoms with van der Waals surface area (Å²) >= 11 is 0. The molecule has 0 aliphatic heterocycles. The molecule has 0 saturated heterocycles. The summed E-state index contributed by atoms with van der Waals surface area (Å²) < 4.78 is 39.9. The minimum absolute atomic E-state index is 0.0162. The van der Waals surface area contributed by atoms with E-state index in [1.165, 1.54) is 30.3 Å². The Kier molecular flexibility index (Phi) is 6.14. The first kappa shape index (κ1) is 18.9. The Morgan fingerprint density at radius 3 is 2.28 bits per heavy atom. The largest absolute Gasteiger partial charge is 0.374 e. The van der Waals surface area contributed by atoms with E-state index < -0.39 is 20.5 Å². The zero-order chi connectivity index (χ0) is 18.4. The Hall–Kier alpha value is -2.41. The maximum absolute atomic E-state index is 14.7. The van der Waals surface area contributed by atoms with Gasteiger partial charge >= 0.3 is 0 Å². The van der Waals surface area contributed by atoms with E-state index in [1.54, 1.807) is 23.1 Å². The number of carbonyl (C=O) groups is 1. The van der Waals surface area contributed by atoms with Crippen molar-refractivity contribution < 1.29 is 17.6 Å². The highest BCUT2D eigenvalue weighted by Gasteiger charge is 2.23. The van der Waals surface area contributed by atoms with E-state index in [-0.39, 0.29) is 23.0 Å². The normalized spacial score (nSPS) is 11.2. The number of carbonyl (C=O) groups excluding carboxylic acids is 1. The van der Waals surface area contributed by atoms with Gasteiger partial charge in [0.2, 0.25) is 15.7 Å². The quantitative estimate of drug-likeness (QED) is 0.820. The van der Waals surface area contributed by atoms with Gasteiger partial charge in [0, 0.05) is 13.1 Å². The Morgan fingerprint density at radius 2 is 1.68 bits per heavy atom. The van der Waals surface area contributed by atoms with Gasteiger partial charge in [-0.05, 0) is 38.1 Å². The van der Waals surface area contributed by atoms with Gasteiger partial charge in [0.25, 0.3) is 0 Å². The number of sulfone groups is 1. The summed E-state index contributed by atoms with van der Waals surface area (Å²) in [5.41, 5.74) is -0.0162. The summed E-state index contributed by atoms with van der Waals surface area (Å²) in [7, 11) is -3.97. The molecular formula is C18H21FN2O3S. The van der Waals surface area contributed by atoms with E-state index >= 15 is 0 Å². The first-order valence-electron chi connectivity index (χ1n) is 8.02. The topological polar surface area (TPSA) is 66.5 Å². The van der Waals surface area contributed by atoms with Crippen LogP contribution in [0.5, 0.6) is 0 Å². The molecule has 5 nitrogen and oxygen atoms in total. The zero-order valence-corrected chi connectivity index (χ0v) is 15.0. The molecule has 0 aliphatic carbocycles. The van der Waals surface area contributed by atoms with Crippen molar-refractivity contribution in [1.29, 1.82) is 0 Å². The Labute approximate surface area is 147 Å². The van der Waals surface area contributed by atoms with Gasteiger partial charge in [0.05, 0.1) is 17.1 Å². The molecule has 2 rings (SSSR count). The van der Waals surface area contributed by atoms with Crippen LogP contribution in [0.4, 0.5) is 10.1 Å². The highest BCUT2D eigenvalue weighted by atomic mass is 32.2. The van der Waals surface area contributed by atoms with Gasteiger partial charge in [0.15, 0.2) is 5.82 Å². The van der Waals surface area contributed by atoms with E-state index in [4.69, 9.17) is 0 Å². The van der Waals surface area contributed by atoms with Gasteiger partial charge in [-0.1, -0.05) is 24.3 Å². The summed E-state index contributed by atoms with van der Waals surface area (Å²) in [4.78, 5) is 13.2. The van der Waals surface area contributed by atoms with Gasteiger partial charge < -0.3 is 10.2 Å². The van der Waals surface area contributed by atoms with Crippen LogP contribution < -0.4 is 5.32 Å². The van der Waals surface area contributed by atoms with Crippen LogP contribution in [-0.2, 0) is 14.6 Å². The first-order valence-corrected chi connectivity index (χ1v) is 9.50. The molecule has 0 bridgehead atoms. The van der Waals surface area contributed by atoms with Crippen molar-refractivity contribution in [2.75, 3.05) is 25.0 Å². The fourth-order valence-electron chi connectivity index (χ4n) is 2.44. The van der Waals surface area contributed by atoms with Crippen LogP contribution in [0.2, 0.25) is 0 Å². The molecule has 0 fully saturated rings. The maximum atomic E-state index is 14.7. The molecule has 134 valence electrons. The third kappa shape index (κ3) is 4.17. The molecule has 2 aromatic carbocycles. The van der Waals surface area contributed by atoms with E-state index in [9.17, 15) is 17.6 Å². The summed E-state index contributed by atoms with van der Waals surface area (Å²) in [5, 5.41) is 2.70. The van der Waals surface area contributed by atoms with E-state index in [2.05, 4.69) is 5.32 Å². The van der Waals surface area contributed by atoms with Gasteiger partial charge in [-0.25, -0.2) is 12.8 Å². The number of halogens is 1. The summed E-state index contributed by atoms with van der Waals surface area (Å²) in [6.45, 7) is 4.72. The lowest BCUT2D eigenvalue weighted by Gasteiger charge is -2.19. The van der Waals surface area contributed by atoms with Crippen LogP contribution in [0, 0.1) is 5.82 Å². The van der Waals surface area contributed by atoms with Gasteiger partial charge in [-0.2, -0.15) is 0 Å². The van der Waals surface area contributed by atoms with Crippen LogP contribution in [0.1, 0.15) is 13.8 Å². The summed E-state index contributed by atoms with van der Waals surface area (Å²) in [5.74, 6) is -1.07. The molecule has 2 aromatic rings. The maximum Gasteiger partial charge on any atom is 0.241 e. The summed E-state index contributed by atoms with van der Waals surface area (Å²) in [6, 6.07) is 11.8. The lowest BCUT2D eigenvalue weighted by atomic mass is 10.3.